The summed E-state index contributed by atoms with van der Waals surface area (Å²) < 4.78 is 11.8. The van der Waals surface area contributed by atoms with E-state index in [2.05, 4.69) is 39.8 Å². The van der Waals surface area contributed by atoms with Gasteiger partial charge in [-0.25, -0.2) is 9.78 Å². The molecule has 0 fully saturated rings. The Hall–Kier alpha value is -2.83. The molecule has 0 spiro atoms. The molecule has 6 nitrogen and oxygen atoms in total. The van der Waals surface area contributed by atoms with Crippen LogP contribution >= 0.6 is 11.6 Å². The molecule has 3 aromatic rings. The molecule has 35 heavy (non-hydrogen) atoms. The molecule has 1 amide bonds. The highest BCUT2D eigenvalue weighted by Crippen LogP contribution is 2.50. The standard InChI is InChI=1S/C28H33ClN2O4/c1-15-17(13-12-16-10-8-7-9-11-16)25(29)31-19-14-18-22(21(20(15)19)27(2,3)4)35-28(5,6)24(32)23(18)34-26(30)33/h7-11,14,23-24,32H,12-13H2,1-6H3,(H2,30,33)/t23-,24+/m0/s1. The van der Waals surface area contributed by atoms with Crippen molar-refractivity contribution in [2.45, 2.75) is 77.6 Å². The first-order valence-electron chi connectivity index (χ1n) is 11.8. The Balaban J connectivity index is 1.97. The van der Waals surface area contributed by atoms with E-state index in [1.165, 1.54) is 5.56 Å². The van der Waals surface area contributed by atoms with Gasteiger partial charge in [-0.2, -0.15) is 0 Å². The minimum Gasteiger partial charge on any atom is -0.484 e. The summed E-state index contributed by atoms with van der Waals surface area (Å²) in [7, 11) is 0. The Morgan fingerprint density at radius 2 is 1.89 bits per heavy atom. The topological polar surface area (TPSA) is 94.7 Å². The van der Waals surface area contributed by atoms with E-state index >= 15 is 0 Å². The molecule has 1 aliphatic heterocycles. The number of carbonyl (C=O) groups excluding carboxylic acids is 1. The zero-order chi connectivity index (χ0) is 25.7. The van der Waals surface area contributed by atoms with Crippen LogP contribution in [0.3, 0.4) is 0 Å². The molecule has 2 heterocycles. The average Bonchev–Trinajstić information content (AvgIpc) is 2.75. The maximum absolute atomic E-state index is 11.7. The number of amides is 1. The van der Waals surface area contributed by atoms with E-state index in [-0.39, 0.29) is 5.41 Å². The van der Waals surface area contributed by atoms with E-state index in [1.807, 2.05) is 18.2 Å². The van der Waals surface area contributed by atoms with Crippen LogP contribution in [0.1, 0.15) is 68.5 Å². The lowest BCUT2D eigenvalue weighted by Gasteiger charge is -2.43. The van der Waals surface area contributed by atoms with Crippen LogP contribution in [0.5, 0.6) is 5.75 Å². The molecular weight excluding hydrogens is 464 g/mol. The van der Waals surface area contributed by atoms with Gasteiger partial charge in [-0.05, 0) is 61.8 Å². The number of aryl methyl sites for hydroxylation is 2. The van der Waals surface area contributed by atoms with E-state index < -0.39 is 23.9 Å². The number of aromatic nitrogens is 1. The second-order valence-corrected chi connectivity index (χ2v) is 11.2. The third-order valence-corrected chi connectivity index (χ3v) is 7.07. The largest absolute Gasteiger partial charge is 0.484 e. The molecule has 186 valence electrons. The number of aliphatic hydroxyl groups is 1. The monoisotopic (exact) mass is 496 g/mol. The quantitative estimate of drug-likeness (QED) is 0.435. The van der Waals surface area contributed by atoms with Gasteiger partial charge in [0.05, 0.1) is 5.52 Å². The van der Waals surface area contributed by atoms with Gasteiger partial charge in [0.15, 0.2) is 6.10 Å². The number of nitrogens with zero attached hydrogens (tertiary/aromatic N) is 1. The third kappa shape index (κ3) is 4.69. The molecule has 0 bridgehead atoms. The van der Waals surface area contributed by atoms with Gasteiger partial charge in [0.2, 0.25) is 0 Å². The van der Waals surface area contributed by atoms with Crippen LogP contribution in [0.4, 0.5) is 4.79 Å². The molecule has 7 heteroatoms. The Morgan fingerprint density at radius 1 is 1.23 bits per heavy atom. The van der Waals surface area contributed by atoms with Gasteiger partial charge in [0.25, 0.3) is 0 Å². The lowest BCUT2D eigenvalue weighted by Crippen LogP contribution is -2.50. The zero-order valence-electron chi connectivity index (χ0n) is 21.1. The molecule has 3 N–H and O–H groups in total. The smallest absolute Gasteiger partial charge is 0.405 e. The van der Waals surface area contributed by atoms with E-state index in [4.69, 9.17) is 31.8 Å². The number of primary amides is 1. The number of hydrogen-bond acceptors (Lipinski definition) is 5. The van der Waals surface area contributed by atoms with Crippen LogP contribution in [0.2, 0.25) is 5.15 Å². The number of rotatable bonds is 4. The highest BCUT2D eigenvalue weighted by molar-refractivity contribution is 6.30. The molecule has 0 unspecified atom stereocenters. The van der Waals surface area contributed by atoms with Crippen LogP contribution < -0.4 is 10.5 Å². The van der Waals surface area contributed by atoms with Crippen LogP contribution in [0, 0.1) is 6.92 Å². The normalized spacial score (nSPS) is 19.2. The minimum atomic E-state index is -1.12. The summed E-state index contributed by atoms with van der Waals surface area (Å²) in [4.78, 5) is 16.5. The molecule has 0 aliphatic carbocycles. The molecule has 4 rings (SSSR count). The Kier molecular flexibility index (Phi) is 6.49. The van der Waals surface area contributed by atoms with Crippen molar-refractivity contribution in [1.29, 1.82) is 0 Å². The van der Waals surface area contributed by atoms with Crippen molar-refractivity contribution < 1.29 is 19.4 Å². The van der Waals surface area contributed by atoms with E-state index in [0.717, 1.165) is 34.9 Å². The van der Waals surface area contributed by atoms with Crippen molar-refractivity contribution in [2.24, 2.45) is 5.73 Å². The summed E-state index contributed by atoms with van der Waals surface area (Å²) in [6, 6.07) is 12.1. The van der Waals surface area contributed by atoms with Gasteiger partial charge < -0.3 is 20.3 Å². The molecule has 2 atom stereocenters. The Labute approximate surface area is 211 Å². The summed E-state index contributed by atoms with van der Waals surface area (Å²) in [5, 5.41) is 12.4. The number of fused-ring (bicyclic) bond motifs is 2. The van der Waals surface area contributed by atoms with Gasteiger partial charge in [0.1, 0.15) is 22.6 Å². The van der Waals surface area contributed by atoms with E-state index in [1.54, 1.807) is 19.9 Å². The van der Waals surface area contributed by atoms with Crippen molar-refractivity contribution in [1.82, 2.24) is 4.98 Å². The summed E-state index contributed by atoms with van der Waals surface area (Å²) in [5.41, 5.74) is 9.41. The highest BCUT2D eigenvalue weighted by atomic mass is 35.5. The van der Waals surface area contributed by atoms with Crippen molar-refractivity contribution in [3.8, 4) is 5.75 Å². The fraction of sp³-hybridized carbons (Fsp3) is 0.429. The van der Waals surface area contributed by atoms with Crippen LogP contribution in [-0.2, 0) is 23.0 Å². The van der Waals surface area contributed by atoms with Gasteiger partial charge >= 0.3 is 6.09 Å². The molecule has 0 saturated carbocycles. The number of carbonyl (C=O) groups is 1. The fourth-order valence-electron chi connectivity index (χ4n) is 4.97. The summed E-state index contributed by atoms with van der Waals surface area (Å²) >= 11 is 6.72. The van der Waals surface area contributed by atoms with Gasteiger partial charge in [-0.15, -0.1) is 0 Å². The Morgan fingerprint density at radius 3 is 2.49 bits per heavy atom. The van der Waals surface area contributed by atoms with Gasteiger partial charge in [-0.3, -0.25) is 0 Å². The third-order valence-electron chi connectivity index (χ3n) is 6.75. The number of ether oxygens (including phenoxy) is 2. The molecule has 0 saturated heterocycles. The zero-order valence-corrected chi connectivity index (χ0v) is 21.9. The van der Waals surface area contributed by atoms with Crippen molar-refractivity contribution in [3.63, 3.8) is 0 Å². The first kappa shape index (κ1) is 25.3. The molecule has 1 aromatic heterocycles. The lowest BCUT2D eigenvalue weighted by molar-refractivity contribution is -0.113. The predicted molar refractivity (Wildman–Crippen MR) is 138 cm³/mol. The van der Waals surface area contributed by atoms with Crippen molar-refractivity contribution in [2.75, 3.05) is 0 Å². The minimum absolute atomic E-state index is 0.351. The van der Waals surface area contributed by atoms with Crippen molar-refractivity contribution >= 4 is 28.6 Å². The number of aliphatic hydroxyl groups excluding tert-OH is 1. The summed E-state index contributed by atoms with van der Waals surface area (Å²) in [6.45, 7) is 11.9. The van der Waals surface area contributed by atoms with Crippen molar-refractivity contribution in [3.05, 3.63) is 69.4 Å². The maximum Gasteiger partial charge on any atom is 0.405 e. The number of nitrogens with two attached hydrogens (primary N) is 1. The van der Waals surface area contributed by atoms with E-state index in [9.17, 15) is 9.90 Å². The first-order chi connectivity index (χ1) is 16.3. The molecule has 0 radical (unpaired) electrons. The fourth-order valence-corrected chi connectivity index (χ4v) is 5.30. The number of pyridine rings is 1. The molecule has 1 aliphatic rings. The molecular formula is C28H33ClN2O4. The average molecular weight is 497 g/mol. The second-order valence-electron chi connectivity index (χ2n) is 10.8. The van der Waals surface area contributed by atoms with Crippen LogP contribution in [0.15, 0.2) is 36.4 Å². The molecule has 2 aromatic carbocycles. The van der Waals surface area contributed by atoms with E-state index in [0.29, 0.717) is 22.0 Å². The SMILES string of the molecule is Cc1c(CCc2ccccc2)c(Cl)nc2cc3c(c(C(C)(C)C)c12)OC(C)(C)[C@H](O)[C@H]3OC(N)=O. The summed E-state index contributed by atoms with van der Waals surface area (Å²) in [5.74, 6) is 0.591. The van der Waals surface area contributed by atoms with Crippen LogP contribution in [-0.4, -0.2) is 27.9 Å². The number of benzene rings is 2. The summed E-state index contributed by atoms with van der Waals surface area (Å²) in [6.07, 6.45) is -1.48. The second kappa shape index (κ2) is 8.99. The number of hydrogen-bond donors (Lipinski definition) is 2. The van der Waals surface area contributed by atoms with Gasteiger partial charge in [-0.1, -0.05) is 62.7 Å². The number of halogens is 1. The highest BCUT2D eigenvalue weighted by Gasteiger charge is 2.47. The van der Waals surface area contributed by atoms with Crippen LogP contribution in [0.25, 0.3) is 10.9 Å². The Bertz CT molecular complexity index is 1280. The lowest BCUT2D eigenvalue weighted by atomic mass is 9.77. The maximum atomic E-state index is 11.7. The predicted octanol–water partition coefficient (Wildman–Crippen LogP) is 5.95. The van der Waals surface area contributed by atoms with Gasteiger partial charge in [0, 0.05) is 16.5 Å². The first-order valence-corrected chi connectivity index (χ1v) is 12.2.